The molecule has 41 heavy (non-hydrogen) atoms. The molecule has 0 aliphatic carbocycles. The molecule has 1 atom stereocenters. The highest BCUT2D eigenvalue weighted by Crippen LogP contribution is 2.28. The van der Waals surface area contributed by atoms with Crippen LogP contribution in [0.4, 0.5) is 0 Å². The number of nitrogens with zero attached hydrogens (tertiary/aromatic N) is 1. The summed E-state index contributed by atoms with van der Waals surface area (Å²) in [6.07, 6.45) is 0.691. The highest BCUT2D eigenvalue weighted by molar-refractivity contribution is 6.30. The Bertz CT molecular complexity index is 1440. The van der Waals surface area contributed by atoms with E-state index in [2.05, 4.69) is 5.32 Å². The molecule has 0 aliphatic heterocycles. The zero-order valence-electron chi connectivity index (χ0n) is 23.0. The van der Waals surface area contributed by atoms with Crippen LogP contribution in [0.1, 0.15) is 28.3 Å². The van der Waals surface area contributed by atoms with Crippen LogP contribution in [0.25, 0.3) is 0 Å². The first-order chi connectivity index (χ1) is 19.9. The minimum Gasteiger partial charge on any atom is -0.493 e. The van der Waals surface area contributed by atoms with Crippen molar-refractivity contribution < 1.29 is 19.1 Å². The molecule has 0 saturated heterocycles. The van der Waals surface area contributed by atoms with Crippen molar-refractivity contribution in [1.82, 2.24) is 10.2 Å². The van der Waals surface area contributed by atoms with Crippen LogP contribution >= 0.6 is 23.2 Å². The molecule has 4 aromatic rings. The lowest BCUT2D eigenvalue weighted by atomic mass is 10.0. The van der Waals surface area contributed by atoms with Gasteiger partial charge in [0.05, 0.1) is 20.6 Å². The van der Waals surface area contributed by atoms with Gasteiger partial charge >= 0.3 is 0 Å². The summed E-state index contributed by atoms with van der Waals surface area (Å²) in [6, 6.07) is 28.6. The van der Waals surface area contributed by atoms with E-state index in [1.54, 1.807) is 43.4 Å². The number of carbonyl (C=O) groups excluding carboxylic acids is 2. The first-order valence-electron chi connectivity index (χ1n) is 13.2. The fourth-order valence-electron chi connectivity index (χ4n) is 4.56. The van der Waals surface area contributed by atoms with Gasteiger partial charge in [-0.15, -0.1) is 0 Å². The highest BCUT2D eigenvalue weighted by Gasteiger charge is 2.31. The largest absolute Gasteiger partial charge is 0.493 e. The minimum absolute atomic E-state index is 0.118. The molecule has 1 N–H and O–H groups in total. The molecule has 2 amide bonds. The normalized spacial score (nSPS) is 11.4. The van der Waals surface area contributed by atoms with Crippen LogP contribution < -0.4 is 14.8 Å². The third kappa shape index (κ3) is 8.26. The van der Waals surface area contributed by atoms with Crippen LogP contribution in [0.15, 0.2) is 97.1 Å². The van der Waals surface area contributed by atoms with Crippen LogP contribution in [0.5, 0.6) is 11.5 Å². The van der Waals surface area contributed by atoms with Gasteiger partial charge in [-0.25, -0.2) is 0 Å². The number of amides is 2. The Balaban J connectivity index is 1.60. The van der Waals surface area contributed by atoms with E-state index in [-0.39, 0.29) is 24.8 Å². The molecule has 0 saturated carbocycles. The lowest BCUT2D eigenvalue weighted by molar-refractivity contribution is -0.141. The van der Waals surface area contributed by atoms with Crippen molar-refractivity contribution in [3.8, 4) is 11.5 Å². The molecular formula is C33H32Cl2N2O4. The Hall–Kier alpha value is -4.00. The number of nitrogens with one attached hydrogen (secondary N) is 1. The molecule has 8 heteroatoms. The average Bonchev–Trinajstić information content (AvgIpc) is 2.99. The fourth-order valence-corrected chi connectivity index (χ4v) is 4.81. The van der Waals surface area contributed by atoms with Crippen molar-refractivity contribution in [2.24, 2.45) is 0 Å². The lowest BCUT2D eigenvalue weighted by Crippen LogP contribution is -2.44. The Kier molecular flexibility index (Phi) is 10.7. The summed E-state index contributed by atoms with van der Waals surface area (Å²) in [5.41, 5.74) is 3.37. The molecule has 0 unspecified atom stereocenters. The number of carbonyl (C=O) groups is 2. The topological polar surface area (TPSA) is 67.9 Å². The van der Waals surface area contributed by atoms with Gasteiger partial charge < -0.3 is 19.7 Å². The van der Waals surface area contributed by atoms with Crippen molar-refractivity contribution in [3.63, 3.8) is 0 Å². The standard InChI is InChI=1S/C33H32Cl2N2O4/c1-40-29-17-12-24(20-30(29)41-2)18-19-36-33(39)32(26-6-4-3-5-7-26)37(22-25-10-15-28(35)16-11-25)31(38)21-23-8-13-27(34)14-9-23/h3-17,20,32H,18-19,21-22H2,1-2H3,(H,36,39)/t32-/m0/s1. The van der Waals surface area contributed by atoms with Crippen LogP contribution in [0.2, 0.25) is 10.0 Å². The summed E-state index contributed by atoms with van der Waals surface area (Å²) in [7, 11) is 3.18. The van der Waals surface area contributed by atoms with Crippen molar-refractivity contribution in [1.29, 1.82) is 0 Å². The first kappa shape index (κ1) is 30.0. The predicted molar refractivity (Wildman–Crippen MR) is 163 cm³/mol. The summed E-state index contributed by atoms with van der Waals surface area (Å²) in [4.78, 5) is 29.4. The Morgan fingerprint density at radius 2 is 1.34 bits per heavy atom. The molecule has 0 heterocycles. The number of methoxy groups -OCH3 is 2. The van der Waals surface area contributed by atoms with E-state index in [4.69, 9.17) is 32.7 Å². The van der Waals surface area contributed by atoms with Gasteiger partial charge in [-0.2, -0.15) is 0 Å². The zero-order valence-corrected chi connectivity index (χ0v) is 24.5. The van der Waals surface area contributed by atoms with E-state index in [1.165, 1.54) is 0 Å². The maximum Gasteiger partial charge on any atom is 0.247 e. The Labute approximate surface area is 250 Å². The number of ether oxygens (including phenoxy) is 2. The number of hydrogen-bond acceptors (Lipinski definition) is 4. The lowest BCUT2D eigenvalue weighted by Gasteiger charge is -2.32. The van der Waals surface area contributed by atoms with Gasteiger partial charge in [-0.05, 0) is 65.1 Å². The molecule has 212 valence electrons. The maximum absolute atomic E-state index is 13.9. The Morgan fingerprint density at radius 3 is 1.95 bits per heavy atom. The number of hydrogen-bond donors (Lipinski definition) is 1. The monoisotopic (exact) mass is 590 g/mol. The molecule has 0 fully saturated rings. The second-order valence-corrected chi connectivity index (χ2v) is 10.4. The highest BCUT2D eigenvalue weighted by atomic mass is 35.5. The number of benzene rings is 4. The van der Waals surface area contributed by atoms with Gasteiger partial charge in [-0.1, -0.05) is 83.9 Å². The third-order valence-electron chi connectivity index (χ3n) is 6.69. The van der Waals surface area contributed by atoms with E-state index in [0.29, 0.717) is 34.5 Å². The summed E-state index contributed by atoms with van der Waals surface area (Å²) < 4.78 is 10.7. The van der Waals surface area contributed by atoms with Gasteiger partial charge in [0, 0.05) is 23.1 Å². The SMILES string of the molecule is COc1ccc(CCNC(=O)[C@H](c2ccccc2)N(Cc2ccc(Cl)cc2)C(=O)Cc2ccc(Cl)cc2)cc1OC. The molecule has 0 aromatic heterocycles. The number of rotatable bonds is 12. The van der Waals surface area contributed by atoms with E-state index in [9.17, 15) is 9.59 Å². The smallest absolute Gasteiger partial charge is 0.247 e. The second kappa shape index (κ2) is 14.6. The van der Waals surface area contributed by atoms with Crippen molar-refractivity contribution >= 4 is 35.0 Å². The van der Waals surface area contributed by atoms with Crippen molar-refractivity contribution in [2.45, 2.75) is 25.4 Å². The molecule has 0 spiro atoms. The molecule has 0 aliphatic rings. The number of halogens is 2. The second-order valence-electron chi connectivity index (χ2n) is 9.49. The van der Waals surface area contributed by atoms with E-state index >= 15 is 0 Å². The zero-order chi connectivity index (χ0) is 29.2. The summed E-state index contributed by atoms with van der Waals surface area (Å²) in [5, 5.41) is 4.24. The molecule has 6 nitrogen and oxygen atoms in total. The Morgan fingerprint density at radius 1 is 0.756 bits per heavy atom. The molecule has 4 aromatic carbocycles. The first-order valence-corrected chi connectivity index (χ1v) is 14.0. The van der Waals surface area contributed by atoms with Gasteiger partial charge in [0.1, 0.15) is 6.04 Å². The van der Waals surface area contributed by atoms with Crippen LogP contribution in [-0.2, 0) is 29.0 Å². The molecular weight excluding hydrogens is 559 g/mol. The van der Waals surface area contributed by atoms with Crippen molar-refractivity contribution in [2.75, 3.05) is 20.8 Å². The summed E-state index contributed by atoms with van der Waals surface area (Å²) in [6.45, 7) is 0.601. The summed E-state index contributed by atoms with van der Waals surface area (Å²) in [5.74, 6) is 0.808. The van der Waals surface area contributed by atoms with E-state index in [1.807, 2.05) is 72.8 Å². The third-order valence-corrected chi connectivity index (χ3v) is 7.20. The molecule has 0 bridgehead atoms. The predicted octanol–water partition coefficient (Wildman–Crippen LogP) is 6.68. The maximum atomic E-state index is 13.9. The van der Waals surface area contributed by atoms with Crippen LogP contribution in [0.3, 0.4) is 0 Å². The van der Waals surface area contributed by atoms with Crippen LogP contribution in [0, 0.1) is 0 Å². The summed E-state index contributed by atoms with van der Waals surface area (Å²) >= 11 is 12.2. The van der Waals surface area contributed by atoms with Gasteiger partial charge in [0.15, 0.2) is 11.5 Å². The van der Waals surface area contributed by atoms with E-state index < -0.39 is 6.04 Å². The minimum atomic E-state index is -0.850. The van der Waals surface area contributed by atoms with Gasteiger partial charge in [0.25, 0.3) is 0 Å². The fraction of sp³-hybridized carbons (Fsp3) is 0.212. The van der Waals surface area contributed by atoms with E-state index in [0.717, 1.165) is 22.3 Å². The molecule has 0 radical (unpaired) electrons. The van der Waals surface area contributed by atoms with Gasteiger partial charge in [-0.3, -0.25) is 9.59 Å². The van der Waals surface area contributed by atoms with Crippen molar-refractivity contribution in [3.05, 3.63) is 129 Å². The van der Waals surface area contributed by atoms with Gasteiger partial charge in [0.2, 0.25) is 11.8 Å². The molecule has 4 rings (SSSR count). The average molecular weight is 592 g/mol. The van der Waals surface area contributed by atoms with Crippen LogP contribution in [-0.4, -0.2) is 37.5 Å². The quantitative estimate of drug-likeness (QED) is 0.200.